The Balaban J connectivity index is 0.00000176. The largest absolute Gasteiger partial charge is 0.485 e. The third-order valence-corrected chi connectivity index (χ3v) is 3.88. The molecule has 2 aromatic carbocycles. The van der Waals surface area contributed by atoms with Crippen molar-refractivity contribution in [3.63, 3.8) is 0 Å². The smallest absolute Gasteiger partial charge is 0.142 e. The van der Waals surface area contributed by atoms with Crippen LogP contribution < -0.4 is 10.1 Å². The van der Waals surface area contributed by atoms with Crippen molar-refractivity contribution in [1.29, 1.82) is 0 Å². The van der Waals surface area contributed by atoms with Crippen molar-refractivity contribution in [1.82, 2.24) is 5.32 Å². The first-order valence-corrected chi connectivity index (χ1v) is 7.09. The lowest BCUT2D eigenvalue weighted by Gasteiger charge is -2.35. The van der Waals surface area contributed by atoms with Crippen molar-refractivity contribution < 1.29 is 13.5 Å². The van der Waals surface area contributed by atoms with Crippen LogP contribution in [0.5, 0.6) is 5.75 Å². The number of halogens is 4. The number of rotatable bonds is 4. The molecule has 0 amide bonds. The van der Waals surface area contributed by atoms with Crippen molar-refractivity contribution >= 4 is 24.0 Å². The molecule has 22 heavy (non-hydrogen) atoms. The molecule has 0 spiro atoms. The summed E-state index contributed by atoms with van der Waals surface area (Å²) in [6, 6.07) is 10.6. The van der Waals surface area contributed by atoms with E-state index in [9.17, 15) is 8.78 Å². The van der Waals surface area contributed by atoms with Gasteiger partial charge in [-0.1, -0.05) is 23.7 Å². The quantitative estimate of drug-likeness (QED) is 0.887. The summed E-state index contributed by atoms with van der Waals surface area (Å²) in [6.45, 7) is 1.56. The molecule has 2 nitrogen and oxygen atoms in total. The van der Waals surface area contributed by atoms with E-state index in [-0.39, 0.29) is 35.3 Å². The number of benzene rings is 2. The monoisotopic (exact) mass is 345 g/mol. The lowest BCUT2D eigenvalue weighted by atomic mass is 9.90. The third kappa shape index (κ3) is 3.69. The molecule has 0 aromatic heterocycles. The minimum Gasteiger partial charge on any atom is -0.485 e. The molecule has 1 N–H and O–H groups in total. The van der Waals surface area contributed by atoms with Gasteiger partial charge in [0.25, 0.3) is 0 Å². The Morgan fingerprint density at radius 2 is 1.91 bits per heavy atom. The van der Waals surface area contributed by atoms with Crippen molar-refractivity contribution in [3.05, 3.63) is 64.7 Å². The Morgan fingerprint density at radius 1 is 1.14 bits per heavy atom. The third-order valence-electron chi connectivity index (χ3n) is 3.57. The van der Waals surface area contributed by atoms with Gasteiger partial charge in [0, 0.05) is 25.1 Å². The molecule has 0 bridgehead atoms. The second kappa shape index (κ2) is 7.27. The highest BCUT2D eigenvalue weighted by Gasteiger charge is 2.30. The summed E-state index contributed by atoms with van der Waals surface area (Å²) in [7, 11) is 0. The van der Waals surface area contributed by atoms with Crippen LogP contribution in [0, 0.1) is 17.6 Å². The summed E-state index contributed by atoms with van der Waals surface area (Å²) in [5.74, 6) is -0.189. The molecular formula is C16H15Cl2F2NO. The predicted molar refractivity (Wildman–Crippen MR) is 84.8 cm³/mol. The van der Waals surface area contributed by atoms with Crippen molar-refractivity contribution in [2.45, 2.75) is 6.10 Å². The highest BCUT2D eigenvalue weighted by atomic mass is 35.5. The zero-order valence-electron chi connectivity index (χ0n) is 11.6. The van der Waals surface area contributed by atoms with Crippen LogP contribution in [0.25, 0.3) is 0 Å². The average Bonchev–Trinajstić information content (AvgIpc) is 2.39. The zero-order valence-corrected chi connectivity index (χ0v) is 13.1. The lowest BCUT2D eigenvalue weighted by molar-refractivity contribution is 0.0987. The molecule has 1 atom stereocenters. The maximum absolute atomic E-state index is 13.7. The highest BCUT2D eigenvalue weighted by Crippen LogP contribution is 2.32. The highest BCUT2D eigenvalue weighted by molar-refractivity contribution is 6.30. The first-order chi connectivity index (χ1) is 10.1. The average molecular weight is 346 g/mol. The summed E-state index contributed by atoms with van der Waals surface area (Å²) in [4.78, 5) is 0. The topological polar surface area (TPSA) is 21.3 Å². The van der Waals surface area contributed by atoms with E-state index in [4.69, 9.17) is 16.3 Å². The van der Waals surface area contributed by atoms with E-state index in [0.717, 1.165) is 13.1 Å². The molecular weight excluding hydrogens is 331 g/mol. The van der Waals surface area contributed by atoms with Gasteiger partial charge in [-0.15, -0.1) is 12.4 Å². The van der Waals surface area contributed by atoms with Crippen molar-refractivity contribution in [3.8, 4) is 5.75 Å². The molecule has 0 unspecified atom stereocenters. The maximum atomic E-state index is 13.7. The van der Waals surface area contributed by atoms with Crippen LogP contribution in [0.2, 0.25) is 5.02 Å². The molecule has 1 saturated heterocycles. The Labute approximate surface area is 138 Å². The van der Waals surface area contributed by atoms with E-state index in [1.54, 1.807) is 18.2 Å². The number of hydrogen-bond acceptors (Lipinski definition) is 2. The summed E-state index contributed by atoms with van der Waals surface area (Å²) in [6.07, 6.45) is -0.334. The van der Waals surface area contributed by atoms with E-state index in [0.29, 0.717) is 11.3 Å². The molecule has 1 fully saturated rings. The molecule has 3 rings (SSSR count). The van der Waals surface area contributed by atoms with Crippen LogP contribution in [0.1, 0.15) is 11.7 Å². The Hall–Kier alpha value is -1.36. The van der Waals surface area contributed by atoms with Gasteiger partial charge in [0.2, 0.25) is 0 Å². The summed E-state index contributed by atoms with van der Waals surface area (Å²) < 4.78 is 32.8. The van der Waals surface area contributed by atoms with Gasteiger partial charge in [-0.25, -0.2) is 8.78 Å². The minimum absolute atomic E-state index is 0. The van der Waals surface area contributed by atoms with Gasteiger partial charge < -0.3 is 10.1 Å². The maximum Gasteiger partial charge on any atom is 0.142 e. The minimum atomic E-state index is -0.478. The Bertz CT molecular complexity index is 650. The molecule has 6 heteroatoms. The van der Waals surface area contributed by atoms with Crippen LogP contribution in [-0.2, 0) is 0 Å². The molecule has 0 aliphatic carbocycles. The van der Waals surface area contributed by atoms with Gasteiger partial charge in [-0.2, -0.15) is 0 Å². The molecule has 1 aliphatic rings. The van der Waals surface area contributed by atoms with Crippen LogP contribution in [0.4, 0.5) is 8.78 Å². The Kier molecular flexibility index (Phi) is 5.62. The number of ether oxygens (including phenoxy) is 1. The zero-order chi connectivity index (χ0) is 14.8. The fourth-order valence-corrected chi connectivity index (χ4v) is 2.46. The predicted octanol–water partition coefficient (Wildman–Crippen LogP) is 4.38. The van der Waals surface area contributed by atoms with Crippen LogP contribution >= 0.6 is 24.0 Å². The normalized spacial score (nSPS) is 15.6. The van der Waals surface area contributed by atoms with E-state index in [2.05, 4.69) is 5.32 Å². The summed E-state index contributed by atoms with van der Waals surface area (Å²) in [5, 5.41) is 3.24. The van der Waals surface area contributed by atoms with Crippen LogP contribution in [-0.4, -0.2) is 13.1 Å². The second-order valence-electron chi connectivity index (χ2n) is 5.09. The first kappa shape index (κ1) is 17.0. The van der Waals surface area contributed by atoms with Crippen molar-refractivity contribution in [2.75, 3.05) is 13.1 Å². The molecule has 2 aromatic rings. The van der Waals surface area contributed by atoms with E-state index in [1.807, 2.05) is 0 Å². The molecule has 118 valence electrons. The number of hydrogen-bond donors (Lipinski definition) is 1. The molecule has 1 aliphatic heterocycles. The lowest BCUT2D eigenvalue weighted by Crippen LogP contribution is -2.46. The van der Waals surface area contributed by atoms with Gasteiger partial charge in [-0.05, 0) is 29.8 Å². The van der Waals surface area contributed by atoms with Crippen LogP contribution in [0.15, 0.2) is 42.5 Å². The van der Waals surface area contributed by atoms with E-state index < -0.39 is 5.82 Å². The van der Waals surface area contributed by atoms with E-state index in [1.165, 1.54) is 24.3 Å². The summed E-state index contributed by atoms with van der Waals surface area (Å²) >= 11 is 5.72. The van der Waals surface area contributed by atoms with Gasteiger partial charge >= 0.3 is 0 Å². The SMILES string of the molecule is Cl.Fc1cccc(O[C@H](c2ccc(Cl)c(F)c2)C2CNC2)c1. The van der Waals surface area contributed by atoms with Gasteiger partial charge in [-0.3, -0.25) is 0 Å². The van der Waals surface area contributed by atoms with Crippen molar-refractivity contribution in [2.24, 2.45) is 5.92 Å². The number of nitrogens with one attached hydrogen (secondary N) is 1. The molecule has 1 heterocycles. The van der Waals surface area contributed by atoms with Crippen LogP contribution in [0.3, 0.4) is 0 Å². The first-order valence-electron chi connectivity index (χ1n) is 6.71. The Morgan fingerprint density at radius 3 is 2.50 bits per heavy atom. The van der Waals surface area contributed by atoms with Gasteiger partial charge in [0.05, 0.1) is 5.02 Å². The fourth-order valence-electron chi connectivity index (χ4n) is 2.34. The van der Waals surface area contributed by atoms with E-state index >= 15 is 0 Å². The molecule has 0 radical (unpaired) electrons. The fraction of sp³-hybridized carbons (Fsp3) is 0.250. The standard InChI is InChI=1S/C16H14ClF2NO.ClH/c17-14-5-4-10(6-15(14)19)16(11-8-20-9-11)21-13-3-1-2-12(18)7-13;/h1-7,11,16,20H,8-9H2;1H/t16-;/m1./s1. The molecule has 0 saturated carbocycles. The van der Waals surface area contributed by atoms with Gasteiger partial charge in [0.1, 0.15) is 23.5 Å². The summed E-state index contributed by atoms with van der Waals surface area (Å²) in [5.41, 5.74) is 0.702. The van der Waals surface area contributed by atoms with Gasteiger partial charge in [0.15, 0.2) is 0 Å². The second-order valence-corrected chi connectivity index (χ2v) is 5.49.